The molecule has 0 radical (unpaired) electrons. The molecule has 0 aliphatic rings. The van der Waals surface area contributed by atoms with E-state index in [0.29, 0.717) is 0 Å². The van der Waals surface area contributed by atoms with Crippen LogP contribution < -0.4 is 5.32 Å². The summed E-state index contributed by atoms with van der Waals surface area (Å²) in [5.74, 6) is -1.49. The molecule has 0 fully saturated rings. The first-order chi connectivity index (χ1) is 13.3. The van der Waals surface area contributed by atoms with Crippen LogP contribution in [0, 0.1) is 17.8 Å². The molecule has 0 heterocycles. The molecule has 0 rings (SSSR count). The van der Waals surface area contributed by atoms with Crippen molar-refractivity contribution < 1.29 is 24.2 Å². The SMILES string of the molecule is CO[C@H](CC(=O)O)[C@H](C(C)C)N(C)C(=O)[C@@H](NC(=O)[C@H](C(C)C)N(C)C)C(C)C. The number of hydrogen-bond donors (Lipinski definition) is 2. The Morgan fingerprint density at radius 2 is 1.45 bits per heavy atom. The maximum absolute atomic E-state index is 13.3. The Morgan fingerprint density at radius 1 is 0.931 bits per heavy atom. The molecule has 0 unspecified atom stereocenters. The van der Waals surface area contributed by atoms with Crippen molar-refractivity contribution in [2.24, 2.45) is 17.8 Å². The second-order valence-electron chi connectivity index (χ2n) is 8.94. The summed E-state index contributed by atoms with van der Waals surface area (Å²) in [6, 6.07) is -1.50. The summed E-state index contributed by atoms with van der Waals surface area (Å²) in [6.07, 6.45) is -0.846. The predicted molar refractivity (Wildman–Crippen MR) is 114 cm³/mol. The van der Waals surface area contributed by atoms with Gasteiger partial charge in [-0.15, -0.1) is 0 Å². The van der Waals surface area contributed by atoms with Crippen LogP contribution in [-0.4, -0.2) is 85.2 Å². The highest BCUT2D eigenvalue weighted by Crippen LogP contribution is 2.21. The molecule has 0 aromatic heterocycles. The van der Waals surface area contributed by atoms with E-state index in [1.54, 1.807) is 7.05 Å². The summed E-state index contributed by atoms with van der Waals surface area (Å²) in [5, 5.41) is 12.1. The Labute approximate surface area is 175 Å². The van der Waals surface area contributed by atoms with Crippen LogP contribution in [0.25, 0.3) is 0 Å². The molecule has 0 aromatic rings. The minimum atomic E-state index is -0.984. The van der Waals surface area contributed by atoms with Gasteiger partial charge < -0.3 is 20.1 Å². The number of amides is 2. The van der Waals surface area contributed by atoms with Gasteiger partial charge in [-0.25, -0.2) is 0 Å². The standard InChI is InChI=1S/C21H41N3O5/c1-12(2)17(22-20(27)19(14(5)6)23(7)8)21(28)24(9)18(13(3)4)15(29-10)11-16(25)26/h12-15,17-19H,11H2,1-10H3,(H,22,27)(H,25,26)/t15-,17+,18+,19+/m1/s1. The van der Waals surface area contributed by atoms with Crippen LogP contribution in [0.4, 0.5) is 0 Å². The Bertz CT molecular complexity index is 540. The molecular formula is C21H41N3O5. The molecular weight excluding hydrogens is 374 g/mol. The Kier molecular flexibility index (Phi) is 11.4. The number of carbonyl (C=O) groups excluding carboxylic acids is 2. The van der Waals surface area contributed by atoms with Crippen LogP contribution in [0.5, 0.6) is 0 Å². The van der Waals surface area contributed by atoms with Crippen LogP contribution >= 0.6 is 0 Å². The molecule has 170 valence electrons. The van der Waals surface area contributed by atoms with Crippen LogP contribution in [0.3, 0.4) is 0 Å². The summed E-state index contributed by atoms with van der Waals surface area (Å²) in [7, 11) is 6.78. The van der Waals surface area contributed by atoms with Crippen LogP contribution in [0.2, 0.25) is 0 Å². The van der Waals surface area contributed by atoms with E-state index >= 15 is 0 Å². The lowest BCUT2D eigenvalue weighted by atomic mass is 9.92. The summed E-state index contributed by atoms with van der Waals surface area (Å²) >= 11 is 0. The molecule has 0 saturated heterocycles. The lowest BCUT2D eigenvalue weighted by Crippen LogP contribution is -2.59. The highest BCUT2D eigenvalue weighted by molar-refractivity contribution is 5.90. The lowest BCUT2D eigenvalue weighted by Gasteiger charge is -2.39. The first-order valence-corrected chi connectivity index (χ1v) is 10.2. The number of ether oxygens (including phenoxy) is 1. The van der Waals surface area contributed by atoms with Crippen LogP contribution in [-0.2, 0) is 19.1 Å². The van der Waals surface area contributed by atoms with Crippen molar-refractivity contribution >= 4 is 17.8 Å². The third kappa shape index (κ3) is 7.93. The summed E-state index contributed by atoms with van der Waals surface area (Å²) in [6.45, 7) is 11.5. The number of methoxy groups -OCH3 is 1. The first kappa shape index (κ1) is 27.3. The number of likely N-dealkylation sites (N-methyl/N-ethyl adjacent to an activating group) is 2. The van der Waals surface area contributed by atoms with Crippen molar-refractivity contribution in [1.82, 2.24) is 15.1 Å². The normalized spacial score (nSPS) is 16.1. The first-order valence-electron chi connectivity index (χ1n) is 10.2. The van der Waals surface area contributed by atoms with E-state index in [1.807, 2.05) is 60.5 Å². The third-order valence-corrected chi connectivity index (χ3v) is 5.22. The number of aliphatic carboxylic acids is 1. The molecule has 29 heavy (non-hydrogen) atoms. The zero-order valence-electron chi connectivity index (χ0n) is 19.7. The topological polar surface area (TPSA) is 99.2 Å². The summed E-state index contributed by atoms with van der Waals surface area (Å²) < 4.78 is 5.41. The number of carboxylic acids is 1. The third-order valence-electron chi connectivity index (χ3n) is 5.22. The van der Waals surface area contributed by atoms with Crippen molar-refractivity contribution in [3.8, 4) is 0 Å². The van der Waals surface area contributed by atoms with Crippen molar-refractivity contribution in [3.63, 3.8) is 0 Å². The van der Waals surface area contributed by atoms with Crippen LogP contribution in [0.1, 0.15) is 48.0 Å². The smallest absolute Gasteiger partial charge is 0.306 e. The molecule has 0 spiro atoms. The van der Waals surface area contributed by atoms with Gasteiger partial charge in [-0.05, 0) is 31.8 Å². The fraction of sp³-hybridized carbons (Fsp3) is 0.857. The molecule has 8 heteroatoms. The van der Waals surface area contributed by atoms with Gasteiger partial charge in [-0.2, -0.15) is 0 Å². The van der Waals surface area contributed by atoms with E-state index in [9.17, 15) is 19.5 Å². The Balaban J connectivity index is 5.69. The average molecular weight is 416 g/mol. The fourth-order valence-corrected chi connectivity index (χ4v) is 3.89. The van der Waals surface area contributed by atoms with Gasteiger partial charge in [0.05, 0.1) is 24.6 Å². The van der Waals surface area contributed by atoms with Gasteiger partial charge in [0.2, 0.25) is 11.8 Å². The lowest BCUT2D eigenvalue weighted by molar-refractivity contribution is -0.148. The van der Waals surface area contributed by atoms with Crippen molar-refractivity contribution in [2.45, 2.75) is 72.2 Å². The fourth-order valence-electron chi connectivity index (χ4n) is 3.89. The molecule has 0 saturated carbocycles. The molecule has 0 bridgehead atoms. The second-order valence-corrected chi connectivity index (χ2v) is 8.94. The quantitative estimate of drug-likeness (QED) is 0.503. The van der Waals surface area contributed by atoms with Crippen molar-refractivity contribution in [3.05, 3.63) is 0 Å². The number of nitrogens with one attached hydrogen (secondary N) is 1. The summed E-state index contributed by atoms with van der Waals surface area (Å²) in [5.41, 5.74) is 0. The highest BCUT2D eigenvalue weighted by Gasteiger charge is 2.37. The summed E-state index contributed by atoms with van der Waals surface area (Å²) in [4.78, 5) is 40.8. The van der Waals surface area contributed by atoms with E-state index in [1.165, 1.54) is 12.0 Å². The van der Waals surface area contributed by atoms with E-state index in [2.05, 4.69) is 5.32 Å². The molecule has 0 aliphatic carbocycles. The predicted octanol–water partition coefficient (Wildman–Crippen LogP) is 1.69. The van der Waals surface area contributed by atoms with E-state index in [4.69, 9.17) is 4.74 Å². The minimum absolute atomic E-state index is 0.0260. The van der Waals surface area contributed by atoms with Crippen molar-refractivity contribution in [1.29, 1.82) is 0 Å². The Morgan fingerprint density at radius 3 is 1.76 bits per heavy atom. The van der Waals surface area contributed by atoms with Gasteiger partial charge in [0.15, 0.2) is 0 Å². The van der Waals surface area contributed by atoms with E-state index < -0.39 is 24.2 Å². The molecule has 0 aromatic carbocycles. The Hall–Kier alpha value is -1.67. The van der Waals surface area contributed by atoms with Gasteiger partial charge >= 0.3 is 5.97 Å². The van der Waals surface area contributed by atoms with Gasteiger partial charge in [-0.1, -0.05) is 41.5 Å². The number of hydrogen-bond acceptors (Lipinski definition) is 5. The number of carboxylic acid groups (broad SMARTS) is 1. The maximum atomic E-state index is 13.3. The molecule has 8 nitrogen and oxygen atoms in total. The maximum Gasteiger partial charge on any atom is 0.306 e. The van der Waals surface area contributed by atoms with E-state index in [-0.39, 0.29) is 42.0 Å². The minimum Gasteiger partial charge on any atom is -0.481 e. The van der Waals surface area contributed by atoms with Gasteiger partial charge in [0.25, 0.3) is 0 Å². The zero-order chi connectivity index (χ0) is 23.0. The molecule has 0 aliphatic heterocycles. The average Bonchev–Trinajstić information content (AvgIpc) is 2.56. The number of carbonyl (C=O) groups is 3. The van der Waals surface area contributed by atoms with Gasteiger partial charge in [0.1, 0.15) is 6.04 Å². The highest BCUT2D eigenvalue weighted by atomic mass is 16.5. The molecule has 4 atom stereocenters. The van der Waals surface area contributed by atoms with Crippen molar-refractivity contribution in [2.75, 3.05) is 28.3 Å². The van der Waals surface area contributed by atoms with Gasteiger partial charge in [0, 0.05) is 14.2 Å². The molecule has 2 amide bonds. The monoisotopic (exact) mass is 415 g/mol. The number of rotatable bonds is 12. The second kappa shape index (κ2) is 12.1. The van der Waals surface area contributed by atoms with Crippen LogP contribution in [0.15, 0.2) is 0 Å². The zero-order valence-corrected chi connectivity index (χ0v) is 19.7. The number of nitrogens with zero attached hydrogens (tertiary/aromatic N) is 2. The largest absolute Gasteiger partial charge is 0.481 e. The molecule has 2 N–H and O–H groups in total. The van der Waals surface area contributed by atoms with E-state index in [0.717, 1.165) is 0 Å². The van der Waals surface area contributed by atoms with Gasteiger partial charge in [-0.3, -0.25) is 19.3 Å².